The Kier molecular flexibility index (Phi) is 8.24. The first-order valence-electron chi connectivity index (χ1n) is 22.7. The number of benzene rings is 10. The van der Waals surface area contributed by atoms with E-state index >= 15 is 0 Å². The van der Waals surface area contributed by atoms with Crippen LogP contribution in [0, 0.1) is 0 Å². The van der Waals surface area contributed by atoms with Crippen molar-refractivity contribution in [3.63, 3.8) is 0 Å². The predicted molar refractivity (Wildman–Crippen MR) is 283 cm³/mol. The van der Waals surface area contributed by atoms with Gasteiger partial charge < -0.3 is 13.6 Å². The van der Waals surface area contributed by atoms with Crippen molar-refractivity contribution in [2.45, 2.75) is 6.04 Å². The molecule has 10 aromatic carbocycles. The number of para-hydroxylation sites is 4. The van der Waals surface area contributed by atoms with Gasteiger partial charge in [-0.1, -0.05) is 170 Å². The Morgan fingerprint density at radius 3 is 1.73 bits per heavy atom. The number of aromatic nitrogens is 2. The smallest absolute Gasteiger partial charge is 0.157 e. The average Bonchev–Trinajstić information content (AvgIpc) is 4.14. The molecular formula is C61H40N2OSSi. The van der Waals surface area contributed by atoms with Crippen LogP contribution in [0.1, 0.15) is 5.56 Å². The summed E-state index contributed by atoms with van der Waals surface area (Å²) in [6, 6.07) is 86.3. The van der Waals surface area contributed by atoms with Crippen LogP contribution in [0.2, 0.25) is 0 Å². The van der Waals surface area contributed by atoms with Gasteiger partial charge in [0.2, 0.25) is 0 Å². The highest BCUT2D eigenvalue weighted by molar-refractivity contribution is 7.25. The highest BCUT2D eigenvalue weighted by Crippen LogP contribution is 2.43. The molecule has 3 nitrogen and oxygen atoms in total. The Hall–Kier alpha value is -7.96. The van der Waals surface area contributed by atoms with E-state index in [1.165, 1.54) is 96.3 Å². The summed E-state index contributed by atoms with van der Waals surface area (Å²) in [4.78, 5) is 0. The number of hydrogen-bond acceptors (Lipinski definition) is 2. The van der Waals surface area contributed by atoms with Crippen LogP contribution in [-0.4, -0.2) is 17.2 Å². The Morgan fingerprint density at radius 1 is 0.394 bits per heavy atom. The maximum absolute atomic E-state index is 6.96. The standard InChI is InChI=1S/C61H40N2OSSi/c1-3-19-42(20-4-1)66(43-21-5-2-6-22-43,58-35-16-27-46-44-23-9-13-33-55(44)64-61(46)58)39-40-18-15-30-52-59(40)47-25-7-12-29-51(47)63(52)54-32-17-31-53-60(54)48-26-8-11-28-50(48)62(53)41-36-37-57-49(38-41)45-24-10-14-34-56(45)65-57/h1-38H,39H2. The molecule has 0 aliphatic heterocycles. The maximum Gasteiger partial charge on any atom is 0.157 e. The zero-order valence-electron chi connectivity index (χ0n) is 35.9. The lowest BCUT2D eigenvalue weighted by atomic mass is 10.1. The predicted octanol–water partition coefficient (Wildman–Crippen LogP) is 14.4. The van der Waals surface area contributed by atoms with Gasteiger partial charge in [0.15, 0.2) is 8.07 Å². The third-order valence-electron chi connectivity index (χ3n) is 14.2. The molecule has 0 aliphatic rings. The summed E-state index contributed by atoms with van der Waals surface area (Å²) in [5, 5.41) is 14.0. The number of fused-ring (bicyclic) bond motifs is 12. The van der Waals surface area contributed by atoms with Gasteiger partial charge in [-0.05, 0) is 87.8 Å². The molecule has 14 rings (SSSR count). The number of thiophene rings is 1. The van der Waals surface area contributed by atoms with Crippen LogP contribution in [-0.2, 0) is 6.04 Å². The van der Waals surface area contributed by atoms with Crippen molar-refractivity contribution in [2.75, 3.05) is 0 Å². The molecule has 0 N–H and O–H groups in total. The van der Waals surface area contributed by atoms with Gasteiger partial charge in [-0.25, -0.2) is 0 Å². The van der Waals surface area contributed by atoms with Crippen molar-refractivity contribution in [1.82, 2.24) is 9.13 Å². The third kappa shape index (κ3) is 5.36. The van der Waals surface area contributed by atoms with Crippen molar-refractivity contribution in [1.29, 1.82) is 0 Å². The Bertz CT molecular complexity index is 4170. The highest BCUT2D eigenvalue weighted by atomic mass is 32.1. The second kappa shape index (κ2) is 14.5. The summed E-state index contributed by atoms with van der Waals surface area (Å²) in [5.41, 5.74) is 10.4. The van der Waals surface area contributed by atoms with Gasteiger partial charge in [-0.2, -0.15) is 0 Å². The van der Waals surface area contributed by atoms with E-state index in [2.05, 4.69) is 240 Å². The summed E-state index contributed by atoms with van der Waals surface area (Å²) >= 11 is 1.86. The number of furan rings is 1. The fourth-order valence-electron chi connectivity index (χ4n) is 11.4. The van der Waals surface area contributed by atoms with Crippen LogP contribution in [0.4, 0.5) is 0 Å². The van der Waals surface area contributed by atoms with Gasteiger partial charge in [0.25, 0.3) is 0 Å². The van der Waals surface area contributed by atoms with Crippen molar-refractivity contribution >= 4 is 121 Å². The summed E-state index contributed by atoms with van der Waals surface area (Å²) in [6.07, 6.45) is 0. The van der Waals surface area contributed by atoms with Crippen molar-refractivity contribution < 1.29 is 4.42 Å². The molecule has 0 atom stereocenters. The molecule has 0 unspecified atom stereocenters. The maximum atomic E-state index is 6.96. The molecule has 0 saturated carbocycles. The van der Waals surface area contributed by atoms with Crippen LogP contribution in [0.15, 0.2) is 235 Å². The lowest BCUT2D eigenvalue weighted by Gasteiger charge is -2.34. The fourth-order valence-corrected chi connectivity index (χ4v) is 17.4. The second-order valence-electron chi connectivity index (χ2n) is 17.6. The van der Waals surface area contributed by atoms with Crippen LogP contribution in [0.25, 0.3) is 97.1 Å². The third-order valence-corrected chi connectivity index (χ3v) is 20.2. The SMILES string of the molecule is c1ccc([Si](Cc2cccc3c2c2ccccc2n3-c2cccc3c2c2ccccc2n3-c2ccc3sc4ccccc4c3c2)(c2ccccc2)c2cccc3c2oc2ccccc23)cc1. The van der Waals surface area contributed by atoms with Gasteiger partial charge in [0.05, 0.1) is 27.8 Å². The molecule has 0 amide bonds. The molecule has 0 bridgehead atoms. The summed E-state index contributed by atoms with van der Waals surface area (Å²) in [6.45, 7) is 0. The molecule has 0 aliphatic carbocycles. The van der Waals surface area contributed by atoms with E-state index in [1.807, 2.05) is 11.3 Å². The lowest BCUT2D eigenvalue weighted by Crippen LogP contribution is -2.69. The van der Waals surface area contributed by atoms with Crippen LogP contribution < -0.4 is 15.6 Å². The molecule has 66 heavy (non-hydrogen) atoms. The number of rotatable bonds is 7. The van der Waals surface area contributed by atoms with Gasteiger partial charge in [0.1, 0.15) is 11.2 Å². The topological polar surface area (TPSA) is 23.0 Å². The zero-order valence-corrected chi connectivity index (χ0v) is 37.7. The first kappa shape index (κ1) is 37.4. The molecule has 0 radical (unpaired) electrons. The minimum atomic E-state index is -2.92. The number of nitrogens with zero attached hydrogens (tertiary/aromatic N) is 2. The second-order valence-corrected chi connectivity index (χ2v) is 22.5. The Balaban J connectivity index is 1.04. The lowest BCUT2D eigenvalue weighted by molar-refractivity contribution is 0.671. The monoisotopic (exact) mass is 876 g/mol. The average molecular weight is 877 g/mol. The summed E-state index contributed by atoms with van der Waals surface area (Å²) in [7, 11) is -2.92. The van der Waals surface area contributed by atoms with Gasteiger partial charge in [-0.3, -0.25) is 0 Å². The van der Waals surface area contributed by atoms with Crippen LogP contribution in [0.3, 0.4) is 0 Å². The first-order valence-corrected chi connectivity index (χ1v) is 25.7. The largest absolute Gasteiger partial charge is 0.456 e. The fraction of sp³-hybridized carbons (Fsp3) is 0.0164. The Labute approximate surface area is 385 Å². The zero-order chi connectivity index (χ0) is 43.3. The highest BCUT2D eigenvalue weighted by Gasteiger charge is 2.42. The summed E-state index contributed by atoms with van der Waals surface area (Å²) in [5.74, 6) is 0. The van der Waals surface area contributed by atoms with E-state index < -0.39 is 8.07 Å². The molecule has 0 fully saturated rings. The quantitative estimate of drug-likeness (QED) is 0.116. The molecule has 0 saturated heterocycles. The van der Waals surface area contributed by atoms with E-state index in [9.17, 15) is 0 Å². The molecule has 14 aromatic rings. The van der Waals surface area contributed by atoms with Gasteiger partial charge >= 0.3 is 0 Å². The van der Waals surface area contributed by atoms with E-state index in [-0.39, 0.29) is 0 Å². The molecule has 5 heteroatoms. The van der Waals surface area contributed by atoms with Crippen molar-refractivity contribution in [3.8, 4) is 11.4 Å². The Morgan fingerprint density at radius 2 is 0.955 bits per heavy atom. The molecule has 310 valence electrons. The first-order chi connectivity index (χ1) is 32.7. The van der Waals surface area contributed by atoms with Crippen molar-refractivity contribution in [3.05, 3.63) is 236 Å². The normalized spacial score (nSPS) is 12.3. The summed E-state index contributed by atoms with van der Waals surface area (Å²) < 4.78 is 14.6. The van der Waals surface area contributed by atoms with E-state index in [1.54, 1.807) is 0 Å². The van der Waals surface area contributed by atoms with Crippen molar-refractivity contribution in [2.24, 2.45) is 0 Å². The molecular weight excluding hydrogens is 837 g/mol. The minimum Gasteiger partial charge on any atom is -0.456 e. The van der Waals surface area contributed by atoms with E-state index in [4.69, 9.17) is 4.42 Å². The number of hydrogen-bond donors (Lipinski definition) is 0. The van der Waals surface area contributed by atoms with Gasteiger partial charge in [0, 0.05) is 58.2 Å². The van der Waals surface area contributed by atoms with E-state index in [0.717, 1.165) is 28.0 Å². The molecule has 4 aromatic heterocycles. The van der Waals surface area contributed by atoms with E-state index in [0.29, 0.717) is 0 Å². The molecule has 0 spiro atoms. The van der Waals surface area contributed by atoms with Gasteiger partial charge in [-0.15, -0.1) is 11.3 Å². The minimum absolute atomic E-state index is 0.839. The van der Waals surface area contributed by atoms with Crippen LogP contribution in [0.5, 0.6) is 0 Å². The van der Waals surface area contributed by atoms with Crippen LogP contribution >= 0.6 is 11.3 Å². The molecule has 4 heterocycles.